The van der Waals surface area contributed by atoms with Crippen molar-refractivity contribution >= 4 is 5.57 Å². The Morgan fingerprint density at radius 3 is 1.76 bits per heavy atom. The van der Waals surface area contributed by atoms with Gasteiger partial charge in [-0.25, -0.2) is 0 Å². The van der Waals surface area contributed by atoms with Gasteiger partial charge in [-0.1, -0.05) is 48.5 Å². The predicted octanol–water partition coefficient (Wildman–Crippen LogP) is 6.60. The van der Waals surface area contributed by atoms with E-state index in [4.69, 9.17) is 4.74 Å². The van der Waals surface area contributed by atoms with Crippen molar-refractivity contribution in [3.8, 4) is 5.75 Å². The van der Waals surface area contributed by atoms with Crippen LogP contribution in [0.15, 0.2) is 60.7 Å². The van der Waals surface area contributed by atoms with Crippen molar-refractivity contribution in [2.24, 2.45) is 0 Å². The summed E-state index contributed by atoms with van der Waals surface area (Å²) in [6.45, 7) is 0. The molecule has 0 saturated carbocycles. The molecule has 0 aliphatic heterocycles. The first-order valence-corrected chi connectivity index (χ1v) is 7.88. The maximum absolute atomic E-state index is 14.2. The molecule has 2 aromatic carbocycles. The average molecular weight is 428 g/mol. The molecule has 0 heterocycles. The number of halogens is 9. The second-order valence-electron chi connectivity index (χ2n) is 5.89. The van der Waals surface area contributed by atoms with E-state index < -0.39 is 35.6 Å². The van der Waals surface area contributed by atoms with E-state index in [2.05, 4.69) is 0 Å². The summed E-state index contributed by atoms with van der Waals surface area (Å²) in [7, 11) is 1.14. The van der Waals surface area contributed by atoms with Crippen molar-refractivity contribution in [3.05, 3.63) is 71.8 Å². The van der Waals surface area contributed by atoms with Crippen molar-refractivity contribution < 1.29 is 44.3 Å². The molecule has 2 rings (SSSR count). The van der Waals surface area contributed by atoms with E-state index in [0.717, 1.165) is 7.11 Å². The van der Waals surface area contributed by atoms with Crippen molar-refractivity contribution in [3.63, 3.8) is 0 Å². The average Bonchev–Trinajstić information content (AvgIpc) is 2.65. The molecule has 0 spiro atoms. The lowest BCUT2D eigenvalue weighted by Gasteiger charge is -2.32. The Balaban J connectivity index is 2.74. The van der Waals surface area contributed by atoms with Crippen molar-refractivity contribution in [2.75, 3.05) is 7.11 Å². The molecule has 1 nitrogen and oxygen atoms in total. The molecule has 0 radical (unpaired) electrons. The van der Waals surface area contributed by atoms with E-state index in [0.29, 0.717) is 0 Å². The Labute approximate surface area is 159 Å². The molecule has 0 aliphatic carbocycles. The van der Waals surface area contributed by atoms with Crippen LogP contribution < -0.4 is 4.74 Å². The molecule has 0 amide bonds. The van der Waals surface area contributed by atoms with E-state index in [-0.39, 0.29) is 16.9 Å². The van der Waals surface area contributed by atoms with E-state index in [1.807, 2.05) is 0 Å². The second-order valence-corrected chi connectivity index (χ2v) is 5.89. The summed E-state index contributed by atoms with van der Waals surface area (Å²) < 4.78 is 124. The first-order valence-electron chi connectivity index (χ1n) is 7.88. The van der Waals surface area contributed by atoms with Gasteiger partial charge in [-0.05, 0) is 23.3 Å². The molecule has 0 aromatic heterocycles. The normalized spacial score (nSPS) is 14.1. The molecular formula is C19H13F9O. The summed E-state index contributed by atoms with van der Waals surface area (Å²) >= 11 is 0. The number of rotatable bonds is 6. The summed E-state index contributed by atoms with van der Waals surface area (Å²) in [5, 5.41) is 0. The molecule has 0 atom stereocenters. The largest absolute Gasteiger partial charge is 0.496 e. The van der Waals surface area contributed by atoms with Gasteiger partial charge in [0.15, 0.2) is 0 Å². The Hall–Kier alpha value is -2.65. The van der Waals surface area contributed by atoms with Gasteiger partial charge in [0.2, 0.25) is 0 Å². The Morgan fingerprint density at radius 1 is 0.724 bits per heavy atom. The lowest BCUT2D eigenvalue weighted by Crippen LogP contribution is -2.60. The number of alkyl halides is 9. The molecule has 0 saturated heterocycles. The third-order valence-corrected chi connectivity index (χ3v) is 3.98. The molecule has 0 unspecified atom stereocenters. The van der Waals surface area contributed by atoms with Crippen LogP contribution in [0, 0.1) is 0 Å². The Kier molecular flexibility index (Phi) is 5.97. The van der Waals surface area contributed by atoms with Crippen molar-refractivity contribution in [1.29, 1.82) is 0 Å². The van der Waals surface area contributed by atoms with Crippen LogP contribution in [-0.2, 0) is 0 Å². The smallest absolute Gasteiger partial charge is 0.460 e. The van der Waals surface area contributed by atoms with Gasteiger partial charge in [-0.15, -0.1) is 0 Å². The fraction of sp³-hybridized carbons (Fsp3) is 0.263. The third kappa shape index (κ3) is 4.06. The van der Waals surface area contributed by atoms with E-state index in [9.17, 15) is 39.5 Å². The monoisotopic (exact) mass is 428 g/mol. The Bertz CT molecular complexity index is 871. The molecular weight excluding hydrogens is 415 g/mol. The molecule has 158 valence electrons. The predicted molar refractivity (Wildman–Crippen MR) is 87.4 cm³/mol. The number of benzene rings is 2. The maximum atomic E-state index is 14.2. The lowest BCUT2D eigenvalue weighted by molar-refractivity contribution is -0.388. The lowest BCUT2D eigenvalue weighted by atomic mass is 9.92. The molecule has 2 aromatic rings. The first kappa shape index (κ1) is 22.6. The maximum Gasteiger partial charge on any atom is 0.460 e. The quantitative estimate of drug-likeness (QED) is 0.472. The minimum atomic E-state index is -6.97. The number of para-hydroxylation sites is 1. The minimum Gasteiger partial charge on any atom is -0.496 e. The highest BCUT2D eigenvalue weighted by molar-refractivity contribution is 5.83. The zero-order valence-corrected chi connectivity index (χ0v) is 14.6. The van der Waals surface area contributed by atoms with Crippen LogP contribution in [0.1, 0.15) is 11.1 Å². The standard InChI is InChI=1S/C19H13F9O/c1-29-15-10-6-5-9-13(15)14(12-7-3-2-4-8-12)11-16(20,21)17(22,23)18(24,25)19(26,27)28/h2-11H,1H3/b14-11+. The van der Waals surface area contributed by atoms with E-state index in [1.165, 1.54) is 54.6 Å². The van der Waals surface area contributed by atoms with Crippen molar-refractivity contribution in [1.82, 2.24) is 0 Å². The van der Waals surface area contributed by atoms with E-state index >= 15 is 0 Å². The summed E-state index contributed by atoms with van der Waals surface area (Å²) in [5.74, 6) is -19.7. The first-order chi connectivity index (χ1) is 13.3. The SMILES string of the molecule is COc1ccccc1/C(=C/C(F)(F)C(F)(F)C(F)(F)C(F)(F)F)c1ccccc1. The van der Waals surface area contributed by atoms with Crippen LogP contribution in [0.3, 0.4) is 0 Å². The van der Waals surface area contributed by atoms with Crippen LogP contribution in [0.5, 0.6) is 5.75 Å². The highest BCUT2D eigenvalue weighted by Gasteiger charge is 2.81. The molecule has 0 bridgehead atoms. The number of allylic oxidation sites excluding steroid dienone is 1. The molecule has 0 aliphatic rings. The topological polar surface area (TPSA) is 9.23 Å². The number of hydrogen-bond acceptors (Lipinski definition) is 1. The van der Waals surface area contributed by atoms with Gasteiger partial charge in [0.1, 0.15) is 5.75 Å². The van der Waals surface area contributed by atoms with Gasteiger partial charge in [-0.2, -0.15) is 39.5 Å². The van der Waals surface area contributed by atoms with Crippen LogP contribution in [-0.4, -0.2) is 31.1 Å². The minimum absolute atomic E-state index is 0.0794. The summed E-state index contributed by atoms with van der Waals surface area (Å²) in [4.78, 5) is 0. The molecule has 0 fully saturated rings. The van der Waals surface area contributed by atoms with Gasteiger partial charge in [-0.3, -0.25) is 0 Å². The third-order valence-electron chi connectivity index (χ3n) is 3.98. The van der Waals surface area contributed by atoms with E-state index in [1.54, 1.807) is 0 Å². The van der Waals surface area contributed by atoms with Crippen LogP contribution >= 0.6 is 0 Å². The number of hydrogen-bond donors (Lipinski definition) is 0. The Morgan fingerprint density at radius 2 is 1.24 bits per heavy atom. The zero-order chi connectivity index (χ0) is 22.1. The van der Waals surface area contributed by atoms with Crippen LogP contribution in [0.2, 0.25) is 0 Å². The van der Waals surface area contributed by atoms with Crippen molar-refractivity contribution in [2.45, 2.75) is 23.9 Å². The second kappa shape index (κ2) is 7.64. The number of methoxy groups -OCH3 is 1. The molecule has 0 N–H and O–H groups in total. The highest BCUT2D eigenvalue weighted by Crippen LogP contribution is 2.54. The highest BCUT2D eigenvalue weighted by atomic mass is 19.4. The van der Waals surface area contributed by atoms with Crippen LogP contribution in [0.4, 0.5) is 39.5 Å². The van der Waals surface area contributed by atoms with Gasteiger partial charge in [0.25, 0.3) is 0 Å². The zero-order valence-electron chi connectivity index (χ0n) is 14.6. The molecule has 10 heteroatoms. The van der Waals surface area contributed by atoms with Gasteiger partial charge < -0.3 is 4.74 Å². The fourth-order valence-corrected chi connectivity index (χ4v) is 2.46. The van der Waals surface area contributed by atoms with Gasteiger partial charge >= 0.3 is 23.9 Å². The summed E-state index contributed by atoms with van der Waals surface area (Å²) in [5.41, 5.74) is -1.03. The van der Waals surface area contributed by atoms with Gasteiger partial charge in [0.05, 0.1) is 7.11 Å². The summed E-state index contributed by atoms with van der Waals surface area (Å²) in [6.07, 6.45) is -7.48. The van der Waals surface area contributed by atoms with Crippen LogP contribution in [0.25, 0.3) is 5.57 Å². The molecule has 29 heavy (non-hydrogen) atoms. The number of ether oxygens (including phenoxy) is 1. The van der Waals surface area contributed by atoms with Gasteiger partial charge in [0, 0.05) is 5.56 Å². The summed E-state index contributed by atoms with van der Waals surface area (Å²) in [6, 6.07) is 11.8. The fourth-order valence-electron chi connectivity index (χ4n) is 2.46.